The normalized spacial score (nSPS) is 22.0. The van der Waals surface area contributed by atoms with Crippen LogP contribution in [0.5, 0.6) is 0 Å². The Morgan fingerprint density at radius 1 is 1.52 bits per heavy atom. The number of aliphatic hydroxyl groups is 1. The van der Waals surface area contributed by atoms with E-state index in [0.29, 0.717) is 13.1 Å². The number of hydrogen-bond acceptors (Lipinski definition) is 4. The molecule has 0 spiro atoms. The van der Waals surface area contributed by atoms with Gasteiger partial charge in [0.2, 0.25) is 0 Å². The van der Waals surface area contributed by atoms with E-state index >= 15 is 0 Å². The Bertz CT molecular complexity index is 464. The third kappa shape index (κ3) is 4.68. The molecule has 0 aliphatic heterocycles. The van der Waals surface area contributed by atoms with E-state index < -0.39 is 0 Å². The molecule has 1 aliphatic rings. The zero-order chi connectivity index (χ0) is 15.2. The average Bonchev–Trinajstić information content (AvgIpc) is 2.95. The van der Waals surface area contributed by atoms with Gasteiger partial charge < -0.3 is 15.3 Å². The number of thiazole rings is 1. The van der Waals surface area contributed by atoms with Gasteiger partial charge in [-0.25, -0.2) is 9.78 Å². The summed E-state index contributed by atoms with van der Waals surface area (Å²) in [5.41, 5.74) is 0.913. The molecule has 1 aromatic heterocycles. The van der Waals surface area contributed by atoms with Crippen LogP contribution in [-0.2, 0) is 13.0 Å². The van der Waals surface area contributed by atoms with E-state index in [2.05, 4.69) is 17.2 Å². The molecule has 2 N–H and O–H groups in total. The highest BCUT2D eigenvalue weighted by molar-refractivity contribution is 7.09. The van der Waals surface area contributed by atoms with Crippen LogP contribution in [-0.4, -0.2) is 40.7 Å². The summed E-state index contributed by atoms with van der Waals surface area (Å²) in [6, 6.07) is -0.0983. The lowest BCUT2D eigenvalue weighted by atomic mass is 9.86. The third-order valence-corrected chi connectivity index (χ3v) is 5.09. The van der Waals surface area contributed by atoms with Gasteiger partial charge in [0, 0.05) is 24.9 Å². The molecule has 0 radical (unpaired) electrons. The number of aromatic nitrogens is 1. The number of nitrogens with zero attached hydrogens (tertiary/aromatic N) is 2. The number of aliphatic hydroxyl groups excluding tert-OH is 1. The van der Waals surface area contributed by atoms with Gasteiger partial charge in [0.15, 0.2) is 0 Å². The molecule has 1 fully saturated rings. The van der Waals surface area contributed by atoms with Crippen LogP contribution in [0.3, 0.4) is 0 Å². The van der Waals surface area contributed by atoms with Crippen LogP contribution in [0.25, 0.3) is 0 Å². The number of urea groups is 1. The Kier molecular flexibility index (Phi) is 5.99. The van der Waals surface area contributed by atoms with E-state index in [1.165, 1.54) is 0 Å². The van der Waals surface area contributed by atoms with Crippen molar-refractivity contribution in [2.75, 3.05) is 13.6 Å². The van der Waals surface area contributed by atoms with Gasteiger partial charge in [0.05, 0.1) is 23.4 Å². The second kappa shape index (κ2) is 7.75. The molecular weight excluding hydrogens is 286 g/mol. The summed E-state index contributed by atoms with van der Waals surface area (Å²) in [5, 5.41) is 15.9. The monoisotopic (exact) mass is 311 g/mol. The van der Waals surface area contributed by atoms with Crippen molar-refractivity contribution in [3.8, 4) is 0 Å². The molecule has 21 heavy (non-hydrogen) atoms. The lowest BCUT2D eigenvalue weighted by Gasteiger charge is -2.31. The predicted octanol–water partition coefficient (Wildman–Crippen LogP) is 2.40. The van der Waals surface area contributed by atoms with Crippen LogP contribution < -0.4 is 5.32 Å². The molecule has 118 valence electrons. The van der Waals surface area contributed by atoms with E-state index in [0.717, 1.165) is 42.8 Å². The van der Waals surface area contributed by atoms with Crippen molar-refractivity contribution in [2.24, 2.45) is 5.92 Å². The Balaban J connectivity index is 1.76. The molecule has 0 saturated heterocycles. The molecule has 2 rings (SSSR count). The fourth-order valence-electron chi connectivity index (χ4n) is 2.73. The lowest BCUT2D eigenvalue weighted by molar-refractivity contribution is 0.0565. The quantitative estimate of drug-likeness (QED) is 0.877. The number of rotatable bonds is 5. The second-order valence-electron chi connectivity index (χ2n) is 5.74. The molecule has 1 saturated carbocycles. The van der Waals surface area contributed by atoms with Crippen molar-refractivity contribution < 1.29 is 9.90 Å². The first-order valence-corrected chi connectivity index (χ1v) is 8.58. The van der Waals surface area contributed by atoms with Crippen LogP contribution in [0.15, 0.2) is 5.38 Å². The highest BCUT2D eigenvalue weighted by Crippen LogP contribution is 2.24. The molecular formula is C15H25N3O2S. The van der Waals surface area contributed by atoms with Gasteiger partial charge in [-0.05, 0) is 19.3 Å². The first-order chi connectivity index (χ1) is 10.1. The lowest BCUT2D eigenvalue weighted by Crippen LogP contribution is -2.42. The molecule has 6 heteroatoms. The fourth-order valence-corrected chi connectivity index (χ4v) is 3.47. The van der Waals surface area contributed by atoms with Crippen molar-refractivity contribution >= 4 is 17.4 Å². The molecule has 0 bridgehead atoms. The van der Waals surface area contributed by atoms with Gasteiger partial charge >= 0.3 is 6.03 Å². The molecule has 2 atom stereocenters. The molecule has 2 amide bonds. The summed E-state index contributed by atoms with van der Waals surface area (Å²) in [6.07, 6.45) is 4.77. The summed E-state index contributed by atoms with van der Waals surface area (Å²) in [7, 11) is 1.79. The standard InChI is InChI=1S/C15H25N3O2S/c1-3-14-17-12(10-21-14)8-16-15(20)18(2)9-11-6-4-5-7-13(11)19/h10-11,13,19H,3-9H2,1-2H3,(H,16,20). The first-order valence-electron chi connectivity index (χ1n) is 7.70. The molecule has 5 nitrogen and oxygen atoms in total. The Morgan fingerprint density at radius 3 is 2.95 bits per heavy atom. The second-order valence-corrected chi connectivity index (χ2v) is 6.68. The van der Waals surface area contributed by atoms with Gasteiger partial charge in [-0.3, -0.25) is 0 Å². The van der Waals surface area contributed by atoms with Crippen LogP contribution in [0.4, 0.5) is 4.79 Å². The van der Waals surface area contributed by atoms with Crippen LogP contribution in [0.1, 0.15) is 43.3 Å². The Labute approximate surface area is 130 Å². The Morgan fingerprint density at radius 2 is 2.29 bits per heavy atom. The Hall–Kier alpha value is -1.14. The van der Waals surface area contributed by atoms with Gasteiger partial charge in [0.1, 0.15) is 0 Å². The maximum atomic E-state index is 12.1. The minimum absolute atomic E-state index is 0.0983. The highest BCUT2D eigenvalue weighted by atomic mass is 32.1. The molecule has 1 aromatic rings. The maximum absolute atomic E-state index is 12.1. The van der Waals surface area contributed by atoms with Crippen LogP contribution >= 0.6 is 11.3 Å². The van der Waals surface area contributed by atoms with Crippen molar-refractivity contribution in [2.45, 2.75) is 51.7 Å². The summed E-state index contributed by atoms with van der Waals surface area (Å²) < 4.78 is 0. The number of aryl methyl sites for hydroxylation is 1. The number of carbonyl (C=O) groups is 1. The minimum atomic E-state index is -0.264. The van der Waals surface area contributed by atoms with Gasteiger partial charge in [0.25, 0.3) is 0 Å². The van der Waals surface area contributed by atoms with Crippen molar-refractivity contribution in [3.05, 3.63) is 16.1 Å². The summed E-state index contributed by atoms with van der Waals surface area (Å²) in [5.74, 6) is 0.209. The SMILES string of the molecule is CCc1nc(CNC(=O)N(C)CC2CCCCC2O)cs1. The highest BCUT2D eigenvalue weighted by Gasteiger charge is 2.25. The van der Waals surface area contributed by atoms with Crippen molar-refractivity contribution in [1.82, 2.24) is 15.2 Å². The zero-order valence-electron chi connectivity index (χ0n) is 12.8. The largest absolute Gasteiger partial charge is 0.393 e. The number of carbonyl (C=O) groups excluding carboxylic acids is 1. The van der Waals surface area contributed by atoms with Gasteiger partial charge in [-0.15, -0.1) is 11.3 Å². The van der Waals surface area contributed by atoms with Crippen molar-refractivity contribution in [3.63, 3.8) is 0 Å². The van der Waals surface area contributed by atoms with Crippen LogP contribution in [0, 0.1) is 5.92 Å². The van der Waals surface area contributed by atoms with Gasteiger partial charge in [-0.2, -0.15) is 0 Å². The first kappa shape index (κ1) is 16.2. The van der Waals surface area contributed by atoms with E-state index in [9.17, 15) is 9.90 Å². The average molecular weight is 311 g/mol. The maximum Gasteiger partial charge on any atom is 0.317 e. The van der Waals surface area contributed by atoms with E-state index in [1.807, 2.05) is 5.38 Å². The zero-order valence-corrected chi connectivity index (χ0v) is 13.7. The minimum Gasteiger partial charge on any atom is -0.393 e. The van der Waals surface area contributed by atoms with Crippen molar-refractivity contribution in [1.29, 1.82) is 0 Å². The summed E-state index contributed by atoms with van der Waals surface area (Å²) >= 11 is 1.63. The number of hydrogen-bond donors (Lipinski definition) is 2. The van der Waals surface area contributed by atoms with Crippen LogP contribution in [0.2, 0.25) is 0 Å². The molecule has 1 heterocycles. The topological polar surface area (TPSA) is 65.5 Å². The fraction of sp³-hybridized carbons (Fsp3) is 0.733. The molecule has 2 unspecified atom stereocenters. The smallest absolute Gasteiger partial charge is 0.317 e. The summed E-state index contributed by atoms with van der Waals surface area (Å²) in [4.78, 5) is 18.2. The van der Waals surface area contributed by atoms with E-state index in [1.54, 1.807) is 23.3 Å². The summed E-state index contributed by atoms with van der Waals surface area (Å²) in [6.45, 7) is 3.15. The predicted molar refractivity (Wildman–Crippen MR) is 84.3 cm³/mol. The number of nitrogens with one attached hydrogen (secondary N) is 1. The molecule has 1 aliphatic carbocycles. The third-order valence-electron chi connectivity index (χ3n) is 4.05. The number of amides is 2. The van der Waals surface area contributed by atoms with E-state index in [4.69, 9.17) is 0 Å². The molecule has 0 aromatic carbocycles. The van der Waals surface area contributed by atoms with Gasteiger partial charge in [-0.1, -0.05) is 19.8 Å². The van der Waals surface area contributed by atoms with E-state index in [-0.39, 0.29) is 18.1 Å².